The quantitative estimate of drug-likeness (QED) is 0.198. The summed E-state index contributed by atoms with van der Waals surface area (Å²) in [5, 5.41) is 3.93. The maximum absolute atomic E-state index is 14.0. The van der Waals surface area contributed by atoms with E-state index in [9.17, 15) is 13.2 Å². The Bertz CT molecular complexity index is 1770. The molecule has 5 aromatic rings. The zero-order valence-corrected chi connectivity index (χ0v) is 24.6. The highest BCUT2D eigenvalue weighted by molar-refractivity contribution is 7.80. The molecule has 9 heteroatoms. The fourth-order valence-corrected chi connectivity index (χ4v) is 6.08. The lowest BCUT2D eigenvalue weighted by Crippen LogP contribution is -2.29. The SMILES string of the molecule is Cc1ccc(Oc2ccc(N3C(=S)N[C@H](c4ccccn4)[C@@H]3c3cc(C)n(-c4ccccc4C(F)(F)F)c3C)cc2)cc1. The molecule has 2 atom stereocenters. The average molecular weight is 599 g/mol. The number of para-hydroxylation sites is 1. The van der Waals surface area contributed by atoms with E-state index in [1.807, 2.05) is 98.5 Å². The molecular formula is C34H29F3N4OS. The van der Waals surface area contributed by atoms with Gasteiger partial charge in [0.25, 0.3) is 0 Å². The maximum atomic E-state index is 14.0. The standard InChI is InChI=1S/C34H29F3N4OS/c1-21-11-15-25(16-12-21)42-26-17-13-24(14-18-26)41-32(31(39-33(41)43)29-9-6-7-19-38-29)27-20-22(2)40(23(27)3)30-10-5-4-8-28(30)34(35,36)37/h4-20,31-32H,1-3H3,(H,39,43)/t31-,32+/m1/s1. The summed E-state index contributed by atoms with van der Waals surface area (Å²) in [4.78, 5) is 6.61. The number of hydrogen-bond donors (Lipinski definition) is 1. The second kappa shape index (κ2) is 11.2. The van der Waals surface area contributed by atoms with Gasteiger partial charge in [0.2, 0.25) is 0 Å². The van der Waals surface area contributed by atoms with Crippen LogP contribution in [0.1, 0.15) is 45.9 Å². The van der Waals surface area contributed by atoms with Gasteiger partial charge in [0, 0.05) is 23.3 Å². The molecule has 0 bridgehead atoms. The number of rotatable bonds is 6. The molecule has 3 heterocycles. The van der Waals surface area contributed by atoms with Crippen molar-refractivity contribution in [1.82, 2.24) is 14.9 Å². The van der Waals surface area contributed by atoms with E-state index >= 15 is 0 Å². The number of benzene rings is 3. The molecule has 1 N–H and O–H groups in total. The number of thiocarbonyl (C=S) groups is 1. The molecule has 0 aliphatic carbocycles. The summed E-state index contributed by atoms with van der Waals surface area (Å²) < 4.78 is 49.8. The summed E-state index contributed by atoms with van der Waals surface area (Å²) in [6.07, 6.45) is -2.78. The number of alkyl halides is 3. The van der Waals surface area contributed by atoms with Crippen LogP contribution in [-0.2, 0) is 6.18 Å². The molecule has 0 spiro atoms. The summed E-state index contributed by atoms with van der Waals surface area (Å²) in [7, 11) is 0. The largest absolute Gasteiger partial charge is 0.457 e. The van der Waals surface area contributed by atoms with Crippen molar-refractivity contribution < 1.29 is 17.9 Å². The second-order valence-corrected chi connectivity index (χ2v) is 11.0. The third-order valence-electron chi connectivity index (χ3n) is 7.71. The Labute approximate surface area is 253 Å². The third kappa shape index (κ3) is 5.48. The predicted octanol–water partition coefficient (Wildman–Crippen LogP) is 8.79. The van der Waals surface area contributed by atoms with Crippen molar-refractivity contribution in [3.05, 3.63) is 137 Å². The van der Waals surface area contributed by atoms with Crippen LogP contribution >= 0.6 is 12.2 Å². The topological polar surface area (TPSA) is 42.3 Å². The van der Waals surface area contributed by atoms with Crippen molar-refractivity contribution in [1.29, 1.82) is 0 Å². The Morgan fingerprint density at radius 3 is 2.14 bits per heavy atom. The highest BCUT2D eigenvalue weighted by Gasteiger charge is 2.43. The van der Waals surface area contributed by atoms with Crippen LogP contribution < -0.4 is 15.0 Å². The summed E-state index contributed by atoms with van der Waals surface area (Å²) in [6, 6.07) is 28.0. The molecule has 0 saturated carbocycles. The van der Waals surface area contributed by atoms with Crippen LogP contribution in [0.2, 0.25) is 0 Å². The first-order valence-corrected chi connectivity index (χ1v) is 14.2. The lowest BCUT2D eigenvalue weighted by molar-refractivity contribution is -0.137. The highest BCUT2D eigenvalue weighted by atomic mass is 32.1. The normalized spacial score (nSPS) is 16.8. The lowest BCUT2D eigenvalue weighted by Gasteiger charge is -2.28. The van der Waals surface area contributed by atoms with Crippen molar-refractivity contribution in [2.75, 3.05) is 4.90 Å². The highest BCUT2D eigenvalue weighted by Crippen LogP contribution is 2.45. The third-order valence-corrected chi connectivity index (χ3v) is 8.02. The van der Waals surface area contributed by atoms with E-state index in [2.05, 4.69) is 10.3 Å². The molecule has 1 fully saturated rings. The Kier molecular flexibility index (Phi) is 7.43. The summed E-state index contributed by atoms with van der Waals surface area (Å²) in [5.41, 5.74) is 4.35. The first-order valence-electron chi connectivity index (χ1n) is 13.8. The molecule has 3 aromatic carbocycles. The van der Waals surface area contributed by atoms with E-state index < -0.39 is 11.7 Å². The molecule has 6 rings (SSSR count). The number of ether oxygens (including phenoxy) is 1. The molecule has 1 aliphatic rings. The zero-order chi connectivity index (χ0) is 30.3. The number of aryl methyl sites for hydroxylation is 2. The van der Waals surface area contributed by atoms with Crippen molar-refractivity contribution in [3.63, 3.8) is 0 Å². The number of nitrogens with zero attached hydrogens (tertiary/aromatic N) is 3. The van der Waals surface area contributed by atoms with Crippen LogP contribution in [0.25, 0.3) is 5.69 Å². The minimum atomic E-state index is -4.50. The van der Waals surface area contributed by atoms with Gasteiger partial charge in [-0.05, 0) is 105 Å². The van der Waals surface area contributed by atoms with Gasteiger partial charge >= 0.3 is 6.18 Å². The number of anilines is 1. The molecule has 0 unspecified atom stereocenters. The molecule has 2 aromatic heterocycles. The van der Waals surface area contributed by atoms with Gasteiger partial charge in [0.15, 0.2) is 5.11 Å². The molecule has 5 nitrogen and oxygen atoms in total. The van der Waals surface area contributed by atoms with Crippen LogP contribution in [0.15, 0.2) is 103 Å². The van der Waals surface area contributed by atoms with Gasteiger partial charge in [-0.15, -0.1) is 0 Å². The van der Waals surface area contributed by atoms with E-state index in [0.29, 0.717) is 22.2 Å². The summed E-state index contributed by atoms with van der Waals surface area (Å²) >= 11 is 5.87. The molecule has 1 saturated heterocycles. The van der Waals surface area contributed by atoms with Crippen LogP contribution in [0.5, 0.6) is 11.5 Å². The number of aromatic nitrogens is 2. The van der Waals surface area contributed by atoms with Gasteiger partial charge < -0.3 is 19.5 Å². The van der Waals surface area contributed by atoms with Crippen LogP contribution in [0.4, 0.5) is 18.9 Å². The monoisotopic (exact) mass is 598 g/mol. The van der Waals surface area contributed by atoms with E-state index in [1.54, 1.807) is 16.8 Å². The number of pyridine rings is 1. The molecule has 1 aliphatic heterocycles. The van der Waals surface area contributed by atoms with Gasteiger partial charge in [-0.1, -0.05) is 35.9 Å². The Morgan fingerprint density at radius 1 is 0.837 bits per heavy atom. The van der Waals surface area contributed by atoms with E-state index in [-0.39, 0.29) is 17.8 Å². The fraction of sp³-hybridized carbons (Fsp3) is 0.176. The molecule has 43 heavy (non-hydrogen) atoms. The Hall–Kier alpha value is -4.63. The van der Waals surface area contributed by atoms with Crippen molar-refractivity contribution in [3.8, 4) is 17.2 Å². The van der Waals surface area contributed by atoms with Gasteiger partial charge in [0.05, 0.1) is 29.0 Å². The van der Waals surface area contributed by atoms with Crippen molar-refractivity contribution in [2.45, 2.75) is 39.0 Å². The predicted molar refractivity (Wildman–Crippen MR) is 166 cm³/mol. The second-order valence-electron chi connectivity index (χ2n) is 10.6. The molecule has 0 amide bonds. The molecule has 0 radical (unpaired) electrons. The van der Waals surface area contributed by atoms with E-state index in [1.165, 1.54) is 12.1 Å². The fourth-order valence-electron chi connectivity index (χ4n) is 5.73. The molecular weight excluding hydrogens is 569 g/mol. The van der Waals surface area contributed by atoms with E-state index in [4.69, 9.17) is 17.0 Å². The van der Waals surface area contributed by atoms with Crippen LogP contribution in [0, 0.1) is 20.8 Å². The summed E-state index contributed by atoms with van der Waals surface area (Å²) in [5.74, 6) is 1.40. The Balaban J connectivity index is 1.43. The van der Waals surface area contributed by atoms with Crippen LogP contribution in [0.3, 0.4) is 0 Å². The Morgan fingerprint density at radius 2 is 1.49 bits per heavy atom. The minimum Gasteiger partial charge on any atom is -0.457 e. The van der Waals surface area contributed by atoms with Gasteiger partial charge in [0.1, 0.15) is 11.5 Å². The van der Waals surface area contributed by atoms with Crippen LogP contribution in [-0.4, -0.2) is 14.7 Å². The number of hydrogen-bond acceptors (Lipinski definition) is 3. The average Bonchev–Trinajstić information content (AvgIpc) is 3.49. The smallest absolute Gasteiger partial charge is 0.418 e. The zero-order valence-electron chi connectivity index (χ0n) is 23.8. The van der Waals surface area contributed by atoms with Gasteiger partial charge in [-0.2, -0.15) is 13.2 Å². The molecule has 218 valence electrons. The minimum absolute atomic E-state index is 0.0864. The first kappa shape index (κ1) is 28.5. The lowest BCUT2D eigenvalue weighted by atomic mass is 9.96. The van der Waals surface area contributed by atoms with Crippen molar-refractivity contribution >= 4 is 23.0 Å². The summed E-state index contributed by atoms with van der Waals surface area (Å²) in [6.45, 7) is 5.69. The number of halogens is 3. The maximum Gasteiger partial charge on any atom is 0.418 e. The number of nitrogens with one attached hydrogen (secondary N) is 1. The first-order chi connectivity index (χ1) is 20.6. The van der Waals surface area contributed by atoms with Gasteiger partial charge in [-0.25, -0.2) is 0 Å². The van der Waals surface area contributed by atoms with Gasteiger partial charge in [-0.3, -0.25) is 4.98 Å². The van der Waals surface area contributed by atoms with Crippen molar-refractivity contribution in [2.24, 2.45) is 0 Å². The van der Waals surface area contributed by atoms with E-state index in [0.717, 1.165) is 34.3 Å².